The summed E-state index contributed by atoms with van der Waals surface area (Å²) in [5.74, 6) is 2.71. The van der Waals surface area contributed by atoms with Gasteiger partial charge in [-0.25, -0.2) is 9.78 Å². The van der Waals surface area contributed by atoms with Crippen LogP contribution >= 0.6 is 0 Å². The minimum Gasteiger partial charge on any atom is -0.378 e. The number of likely N-dealkylation sites (tertiary alicyclic amines) is 1. The van der Waals surface area contributed by atoms with Crippen molar-refractivity contribution in [2.75, 3.05) is 20.2 Å². The number of rotatable bonds is 4. The number of nitrogens with one attached hydrogen (secondary N) is 2. The van der Waals surface area contributed by atoms with Gasteiger partial charge in [-0.05, 0) is 39.0 Å². The van der Waals surface area contributed by atoms with Gasteiger partial charge in [0, 0.05) is 43.5 Å². The number of carbonyl (C=O) groups is 1. The minimum atomic E-state index is -0.173. The van der Waals surface area contributed by atoms with E-state index in [0.717, 1.165) is 37.5 Å². The molecule has 1 aromatic heterocycles. The number of carbonyl (C=O) groups excluding carboxylic acids is 1. The van der Waals surface area contributed by atoms with Gasteiger partial charge in [-0.15, -0.1) is 0 Å². The van der Waals surface area contributed by atoms with Crippen LogP contribution in [0.2, 0.25) is 0 Å². The zero-order valence-electron chi connectivity index (χ0n) is 16.3. The van der Waals surface area contributed by atoms with Gasteiger partial charge in [0.15, 0.2) is 5.82 Å². The molecule has 7 nitrogen and oxygen atoms in total. The van der Waals surface area contributed by atoms with Crippen LogP contribution in [-0.2, 0) is 4.74 Å². The van der Waals surface area contributed by atoms with E-state index in [4.69, 9.17) is 4.74 Å². The predicted octanol–water partition coefficient (Wildman–Crippen LogP) is 2.77. The Hall–Kier alpha value is -1.63. The zero-order valence-corrected chi connectivity index (χ0v) is 16.3. The van der Waals surface area contributed by atoms with E-state index in [1.807, 2.05) is 4.90 Å². The molecule has 0 radical (unpaired) electrons. The van der Waals surface area contributed by atoms with Crippen molar-refractivity contribution in [2.24, 2.45) is 5.41 Å². The van der Waals surface area contributed by atoms with Crippen LogP contribution in [-0.4, -0.2) is 58.0 Å². The van der Waals surface area contributed by atoms with Gasteiger partial charge in [0.25, 0.3) is 0 Å². The predicted molar refractivity (Wildman–Crippen MR) is 98.0 cm³/mol. The molecule has 0 aromatic carbocycles. The number of aromatic nitrogens is 3. The van der Waals surface area contributed by atoms with Crippen LogP contribution in [0.4, 0.5) is 4.79 Å². The number of H-pyrrole nitrogens is 1. The van der Waals surface area contributed by atoms with Crippen LogP contribution in [0.1, 0.15) is 76.4 Å². The third-order valence-electron chi connectivity index (χ3n) is 7.13. The Bertz CT molecular complexity index is 683. The van der Waals surface area contributed by atoms with Gasteiger partial charge in [0.2, 0.25) is 0 Å². The van der Waals surface area contributed by atoms with Gasteiger partial charge in [-0.2, -0.15) is 5.10 Å². The smallest absolute Gasteiger partial charge is 0.317 e. The molecule has 2 N–H and O–H groups in total. The van der Waals surface area contributed by atoms with Crippen molar-refractivity contribution in [1.29, 1.82) is 0 Å². The third-order valence-corrected chi connectivity index (χ3v) is 7.13. The lowest BCUT2D eigenvalue weighted by molar-refractivity contribution is -0.177. The van der Waals surface area contributed by atoms with Crippen LogP contribution in [0.25, 0.3) is 0 Å². The summed E-state index contributed by atoms with van der Waals surface area (Å²) < 4.78 is 5.66. The second kappa shape index (κ2) is 6.22. The van der Waals surface area contributed by atoms with Gasteiger partial charge in [-0.3, -0.25) is 5.10 Å². The Morgan fingerprint density at radius 3 is 2.69 bits per heavy atom. The highest BCUT2D eigenvalue weighted by Gasteiger charge is 2.58. The van der Waals surface area contributed by atoms with Crippen molar-refractivity contribution < 1.29 is 9.53 Å². The van der Waals surface area contributed by atoms with E-state index in [9.17, 15) is 4.79 Å². The molecule has 1 aliphatic heterocycles. The van der Waals surface area contributed by atoms with Crippen molar-refractivity contribution >= 4 is 6.03 Å². The summed E-state index contributed by atoms with van der Waals surface area (Å²) in [7, 11) is 1.75. The molecule has 2 heterocycles. The number of hydrogen-bond donors (Lipinski definition) is 2. The first kappa shape index (κ1) is 17.8. The normalized spacial score (nSPS) is 33.6. The number of aromatic amines is 1. The molecule has 2 saturated carbocycles. The van der Waals surface area contributed by atoms with Crippen molar-refractivity contribution in [3.05, 3.63) is 11.6 Å². The average molecular weight is 361 g/mol. The highest BCUT2D eigenvalue weighted by atomic mass is 16.5. The number of hydrogen-bond acceptors (Lipinski definition) is 4. The fraction of sp³-hybridized carbons (Fsp3) is 0.842. The molecular formula is C19H31N5O2. The van der Waals surface area contributed by atoms with Crippen LogP contribution in [0, 0.1) is 5.41 Å². The third kappa shape index (κ3) is 2.90. The molecule has 7 heteroatoms. The summed E-state index contributed by atoms with van der Waals surface area (Å²) in [4.78, 5) is 19.4. The molecular weight excluding hydrogens is 330 g/mol. The van der Waals surface area contributed by atoms with E-state index in [0.29, 0.717) is 12.5 Å². The second-order valence-electron chi connectivity index (χ2n) is 9.00. The first-order valence-corrected chi connectivity index (χ1v) is 9.87. The Balaban J connectivity index is 1.36. The highest BCUT2D eigenvalue weighted by molar-refractivity contribution is 5.75. The fourth-order valence-corrected chi connectivity index (χ4v) is 4.35. The number of urea groups is 1. The van der Waals surface area contributed by atoms with E-state index in [-0.39, 0.29) is 29.0 Å². The maximum absolute atomic E-state index is 12.8. The molecule has 0 bridgehead atoms. The van der Waals surface area contributed by atoms with E-state index >= 15 is 0 Å². The standard InChI is InChI=1S/C19H31N5O2/c1-18(2)14(10-19(18,3)26-4)20-17(25)24-9-5-6-13(11-24)16-21-15(22-23-16)12-7-8-12/h12-14H,5-11H2,1-4H3,(H,20,25)(H,21,22,23). The molecule has 2 aliphatic carbocycles. The molecule has 26 heavy (non-hydrogen) atoms. The van der Waals surface area contributed by atoms with E-state index in [2.05, 4.69) is 41.3 Å². The lowest BCUT2D eigenvalue weighted by Gasteiger charge is -2.59. The van der Waals surface area contributed by atoms with Crippen LogP contribution < -0.4 is 5.32 Å². The number of nitrogens with zero attached hydrogens (tertiary/aromatic N) is 3. The van der Waals surface area contributed by atoms with E-state index in [1.165, 1.54) is 12.8 Å². The van der Waals surface area contributed by atoms with Gasteiger partial charge in [0.05, 0.1) is 5.60 Å². The van der Waals surface area contributed by atoms with Gasteiger partial charge >= 0.3 is 6.03 Å². The zero-order chi connectivity index (χ0) is 18.5. The molecule has 3 fully saturated rings. The molecule has 3 unspecified atom stereocenters. The summed E-state index contributed by atoms with van der Waals surface area (Å²) in [5, 5.41) is 10.7. The summed E-state index contributed by atoms with van der Waals surface area (Å²) >= 11 is 0. The Morgan fingerprint density at radius 1 is 1.27 bits per heavy atom. The molecule has 3 aliphatic rings. The van der Waals surface area contributed by atoms with Crippen molar-refractivity contribution in [1.82, 2.24) is 25.4 Å². The van der Waals surface area contributed by atoms with Crippen molar-refractivity contribution in [3.63, 3.8) is 0 Å². The number of methoxy groups -OCH3 is 1. The summed E-state index contributed by atoms with van der Waals surface area (Å²) in [6.45, 7) is 7.95. The molecule has 1 saturated heterocycles. The van der Waals surface area contributed by atoms with Crippen LogP contribution in [0.15, 0.2) is 0 Å². The Labute approximate surface area is 155 Å². The monoisotopic (exact) mass is 361 g/mol. The summed E-state index contributed by atoms with van der Waals surface area (Å²) in [6.07, 6.45) is 5.32. The highest BCUT2D eigenvalue weighted by Crippen LogP contribution is 2.51. The van der Waals surface area contributed by atoms with Gasteiger partial charge in [0.1, 0.15) is 5.82 Å². The van der Waals surface area contributed by atoms with Gasteiger partial charge in [-0.1, -0.05) is 13.8 Å². The topological polar surface area (TPSA) is 83.1 Å². The molecule has 4 rings (SSSR count). The first-order valence-electron chi connectivity index (χ1n) is 9.87. The Morgan fingerprint density at radius 2 is 2.04 bits per heavy atom. The average Bonchev–Trinajstić information content (AvgIpc) is 3.38. The summed E-state index contributed by atoms with van der Waals surface area (Å²) in [6, 6.07) is 0.175. The lowest BCUT2D eigenvalue weighted by Crippen LogP contribution is -2.69. The molecule has 0 spiro atoms. The number of piperidine rings is 1. The van der Waals surface area contributed by atoms with Gasteiger partial charge < -0.3 is 15.0 Å². The quantitative estimate of drug-likeness (QED) is 0.864. The minimum absolute atomic E-state index is 0.0314. The maximum atomic E-state index is 12.8. The van der Waals surface area contributed by atoms with Crippen molar-refractivity contribution in [2.45, 2.75) is 76.4 Å². The van der Waals surface area contributed by atoms with E-state index in [1.54, 1.807) is 7.11 Å². The van der Waals surface area contributed by atoms with E-state index < -0.39 is 0 Å². The van der Waals surface area contributed by atoms with Crippen LogP contribution in [0.5, 0.6) is 0 Å². The SMILES string of the molecule is COC1(C)CC(NC(=O)N2CCCC(c3n[nH]c(C4CC4)n3)C2)C1(C)C. The molecule has 1 aromatic rings. The maximum Gasteiger partial charge on any atom is 0.317 e. The first-order chi connectivity index (χ1) is 12.3. The largest absolute Gasteiger partial charge is 0.378 e. The molecule has 3 atom stereocenters. The fourth-order valence-electron chi connectivity index (χ4n) is 4.35. The lowest BCUT2D eigenvalue weighted by atomic mass is 9.56. The molecule has 2 amide bonds. The van der Waals surface area contributed by atoms with Crippen LogP contribution in [0.3, 0.4) is 0 Å². The number of amides is 2. The molecule has 144 valence electrons. The summed E-state index contributed by atoms with van der Waals surface area (Å²) in [5.41, 5.74) is -0.247. The number of ether oxygens (including phenoxy) is 1. The second-order valence-corrected chi connectivity index (χ2v) is 9.00. The van der Waals surface area contributed by atoms with Crippen molar-refractivity contribution in [3.8, 4) is 0 Å². The Kier molecular flexibility index (Phi) is 4.25.